The Morgan fingerprint density at radius 3 is 2.56 bits per heavy atom. The minimum Gasteiger partial charge on any atom is -0.305 e. The van der Waals surface area contributed by atoms with Gasteiger partial charge in [-0.25, -0.2) is 0 Å². The summed E-state index contributed by atoms with van der Waals surface area (Å²) in [6.07, 6.45) is 0. The van der Waals surface area contributed by atoms with Gasteiger partial charge in [-0.1, -0.05) is 5.21 Å². The summed E-state index contributed by atoms with van der Waals surface area (Å²) >= 11 is 1.61. The van der Waals surface area contributed by atoms with Crippen molar-refractivity contribution in [2.75, 3.05) is 0 Å². The minimum absolute atomic E-state index is 0.707. The van der Waals surface area contributed by atoms with Crippen molar-refractivity contribution in [3.63, 3.8) is 0 Å². The second-order valence-corrected chi connectivity index (χ2v) is 4.83. The van der Waals surface area contributed by atoms with Crippen LogP contribution in [-0.4, -0.2) is 25.2 Å². The van der Waals surface area contributed by atoms with Crippen LogP contribution in [0.3, 0.4) is 0 Å². The standard InChI is InChI=1S/C9H14N6S/c1-6-8(12-14-15(6)3)4-10-5-9-13-11-7(2)16-9/h10H,4-5H2,1-3H3. The third-order valence-electron chi connectivity index (χ3n) is 2.34. The summed E-state index contributed by atoms with van der Waals surface area (Å²) in [5, 5.41) is 21.3. The van der Waals surface area contributed by atoms with Gasteiger partial charge < -0.3 is 5.32 Å². The van der Waals surface area contributed by atoms with E-state index in [1.54, 1.807) is 16.0 Å². The van der Waals surface area contributed by atoms with Gasteiger partial charge >= 0.3 is 0 Å². The molecule has 0 unspecified atom stereocenters. The van der Waals surface area contributed by atoms with Gasteiger partial charge in [0.05, 0.1) is 17.9 Å². The predicted molar refractivity (Wildman–Crippen MR) is 60.9 cm³/mol. The van der Waals surface area contributed by atoms with E-state index in [0.29, 0.717) is 6.54 Å². The lowest BCUT2D eigenvalue weighted by molar-refractivity contribution is 0.666. The Labute approximate surface area is 97.7 Å². The molecule has 0 amide bonds. The molecule has 6 nitrogen and oxygen atoms in total. The minimum atomic E-state index is 0.707. The molecule has 0 aliphatic rings. The van der Waals surface area contributed by atoms with E-state index in [1.165, 1.54) is 0 Å². The molecule has 7 heteroatoms. The lowest BCUT2D eigenvalue weighted by Gasteiger charge is -1.99. The third kappa shape index (κ3) is 2.42. The highest BCUT2D eigenvalue weighted by Gasteiger charge is 2.05. The van der Waals surface area contributed by atoms with E-state index in [2.05, 4.69) is 25.8 Å². The number of hydrogen-bond donors (Lipinski definition) is 1. The van der Waals surface area contributed by atoms with Gasteiger partial charge in [0.2, 0.25) is 0 Å². The van der Waals surface area contributed by atoms with Crippen molar-refractivity contribution in [3.05, 3.63) is 21.4 Å². The summed E-state index contributed by atoms with van der Waals surface area (Å²) in [6, 6.07) is 0. The number of nitrogens with zero attached hydrogens (tertiary/aromatic N) is 5. The number of aromatic nitrogens is 5. The molecule has 0 spiro atoms. The highest BCUT2D eigenvalue weighted by molar-refractivity contribution is 7.11. The highest BCUT2D eigenvalue weighted by atomic mass is 32.1. The fraction of sp³-hybridized carbons (Fsp3) is 0.556. The van der Waals surface area contributed by atoms with Crippen LogP contribution >= 0.6 is 11.3 Å². The molecule has 0 saturated carbocycles. The van der Waals surface area contributed by atoms with Gasteiger partial charge in [0.15, 0.2) is 0 Å². The molecule has 2 aromatic heterocycles. The Bertz CT molecular complexity index is 474. The van der Waals surface area contributed by atoms with E-state index in [0.717, 1.165) is 27.9 Å². The van der Waals surface area contributed by atoms with Crippen molar-refractivity contribution in [2.24, 2.45) is 7.05 Å². The first kappa shape index (κ1) is 11.2. The van der Waals surface area contributed by atoms with Crippen molar-refractivity contribution in [2.45, 2.75) is 26.9 Å². The van der Waals surface area contributed by atoms with Crippen molar-refractivity contribution >= 4 is 11.3 Å². The van der Waals surface area contributed by atoms with Gasteiger partial charge in [0.25, 0.3) is 0 Å². The SMILES string of the molecule is Cc1nnc(CNCc2nnn(C)c2C)s1. The molecule has 0 atom stereocenters. The van der Waals surface area contributed by atoms with Crippen LogP contribution in [0.4, 0.5) is 0 Å². The number of nitrogens with one attached hydrogen (secondary N) is 1. The molecule has 0 fully saturated rings. The molecule has 0 saturated heterocycles. The monoisotopic (exact) mass is 238 g/mol. The van der Waals surface area contributed by atoms with E-state index >= 15 is 0 Å². The molecule has 0 bridgehead atoms. The zero-order chi connectivity index (χ0) is 11.5. The van der Waals surface area contributed by atoms with Crippen molar-refractivity contribution in [3.8, 4) is 0 Å². The average Bonchev–Trinajstić information content (AvgIpc) is 2.79. The quantitative estimate of drug-likeness (QED) is 0.843. The van der Waals surface area contributed by atoms with Gasteiger partial charge in [0.1, 0.15) is 10.0 Å². The maximum absolute atomic E-state index is 4.07. The maximum atomic E-state index is 4.07. The molecule has 86 valence electrons. The summed E-state index contributed by atoms with van der Waals surface area (Å²) in [5.41, 5.74) is 2.06. The van der Waals surface area contributed by atoms with E-state index in [-0.39, 0.29) is 0 Å². The Morgan fingerprint density at radius 2 is 2.00 bits per heavy atom. The van der Waals surface area contributed by atoms with Gasteiger partial charge in [-0.2, -0.15) is 0 Å². The molecule has 0 radical (unpaired) electrons. The molecular weight excluding hydrogens is 224 g/mol. The van der Waals surface area contributed by atoms with Gasteiger partial charge in [0, 0.05) is 13.6 Å². The zero-order valence-electron chi connectivity index (χ0n) is 9.56. The molecule has 2 rings (SSSR count). The first-order valence-corrected chi connectivity index (χ1v) is 5.83. The Kier molecular flexibility index (Phi) is 3.25. The molecular formula is C9H14N6S. The second kappa shape index (κ2) is 4.67. The zero-order valence-corrected chi connectivity index (χ0v) is 10.4. The Balaban J connectivity index is 1.86. The topological polar surface area (TPSA) is 68.5 Å². The number of aryl methyl sites for hydroxylation is 2. The summed E-state index contributed by atoms with van der Waals surface area (Å²) in [5.74, 6) is 0. The van der Waals surface area contributed by atoms with Crippen LogP contribution in [0, 0.1) is 13.8 Å². The highest BCUT2D eigenvalue weighted by Crippen LogP contribution is 2.07. The lowest BCUT2D eigenvalue weighted by Crippen LogP contribution is -2.13. The van der Waals surface area contributed by atoms with E-state index in [4.69, 9.17) is 0 Å². The first-order valence-electron chi connectivity index (χ1n) is 5.01. The summed E-state index contributed by atoms with van der Waals surface area (Å²) < 4.78 is 1.77. The second-order valence-electron chi connectivity index (χ2n) is 3.56. The lowest BCUT2D eigenvalue weighted by atomic mass is 10.3. The molecule has 0 aliphatic heterocycles. The molecule has 16 heavy (non-hydrogen) atoms. The van der Waals surface area contributed by atoms with Crippen LogP contribution in [0.15, 0.2) is 0 Å². The first-order chi connectivity index (χ1) is 7.66. The molecule has 1 N–H and O–H groups in total. The molecule has 2 heterocycles. The predicted octanol–water partition coefficient (Wildman–Crippen LogP) is 0.573. The van der Waals surface area contributed by atoms with Crippen LogP contribution in [0.5, 0.6) is 0 Å². The number of rotatable bonds is 4. The summed E-state index contributed by atoms with van der Waals surface area (Å²) in [4.78, 5) is 0. The summed E-state index contributed by atoms with van der Waals surface area (Å²) in [7, 11) is 1.89. The number of hydrogen-bond acceptors (Lipinski definition) is 6. The van der Waals surface area contributed by atoms with Crippen LogP contribution in [-0.2, 0) is 20.1 Å². The van der Waals surface area contributed by atoms with Crippen molar-refractivity contribution in [1.82, 2.24) is 30.5 Å². The van der Waals surface area contributed by atoms with Crippen molar-refractivity contribution < 1.29 is 0 Å². The Morgan fingerprint density at radius 1 is 1.19 bits per heavy atom. The fourth-order valence-electron chi connectivity index (χ4n) is 1.31. The van der Waals surface area contributed by atoms with Crippen LogP contribution < -0.4 is 5.32 Å². The van der Waals surface area contributed by atoms with Gasteiger partial charge in [-0.3, -0.25) is 4.68 Å². The normalized spacial score (nSPS) is 10.9. The van der Waals surface area contributed by atoms with E-state index in [1.807, 2.05) is 20.9 Å². The van der Waals surface area contributed by atoms with Crippen molar-refractivity contribution in [1.29, 1.82) is 0 Å². The van der Waals surface area contributed by atoms with Gasteiger partial charge in [-0.15, -0.1) is 26.6 Å². The van der Waals surface area contributed by atoms with Crippen LogP contribution in [0.1, 0.15) is 21.4 Å². The van der Waals surface area contributed by atoms with Gasteiger partial charge in [-0.05, 0) is 13.8 Å². The average molecular weight is 238 g/mol. The largest absolute Gasteiger partial charge is 0.305 e. The van der Waals surface area contributed by atoms with E-state index < -0.39 is 0 Å². The molecule has 2 aromatic rings. The third-order valence-corrected chi connectivity index (χ3v) is 3.18. The van der Waals surface area contributed by atoms with Crippen LogP contribution in [0.25, 0.3) is 0 Å². The Hall–Kier alpha value is -1.34. The molecule has 0 aromatic carbocycles. The maximum Gasteiger partial charge on any atom is 0.131 e. The summed E-state index contributed by atoms with van der Waals surface area (Å²) in [6.45, 7) is 5.39. The van der Waals surface area contributed by atoms with E-state index in [9.17, 15) is 0 Å². The fourth-order valence-corrected chi connectivity index (χ4v) is 1.99. The van der Waals surface area contributed by atoms with Crippen LogP contribution in [0.2, 0.25) is 0 Å². The molecule has 0 aliphatic carbocycles. The smallest absolute Gasteiger partial charge is 0.131 e.